The van der Waals surface area contributed by atoms with Crippen LogP contribution in [0.4, 0.5) is 10.1 Å². The van der Waals surface area contributed by atoms with E-state index < -0.39 is 11.8 Å². The van der Waals surface area contributed by atoms with E-state index in [1.54, 1.807) is 0 Å². The third kappa shape index (κ3) is 1.19. The van der Waals surface area contributed by atoms with Crippen molar-refractivity contribution in [1.82, 2.24) is 0 Å². The lowest BCUT2D eigenvalue weighted by molar-refractivity contribution is 0.0665. The highest BCUT2D eigenvalue weighted by atomic mass is 19.1. The van der Waals surface area contributed by atoms with E-state index in [1.165, 1.54) is 12.1 Å². The van der Waals surface area contributed by atoms with Gasteiger partial charge in [0.1, 0.15) is 11.4 Å². The van der Waals surface area contributed by atoms with Crippen molar-refractivity contribution in [3.05, 3.63) is 29.8 Å². The Hall–Kier alpha value is -2.04. The summed E-state index contributed by atoms with van der Waals surface area (Å²) in [6.45, 7) is 0. The summed E-state index contributed by atoms with van der Waals surface area (Å²) >= 11 is 0. The van der Waals surface area contributed by atoms with Crippen molar-refractivity contribution < 1.29 is 18.7 Å². The monoisotopic (exact) mass is 195 g/mol. The summed E-state index contributed by atoms with van der Waals surface area (Å²) in [6, 6.07) is 3.70. The number of carboxylic acid groups (broad SMARTS) is 1. The van der Waals surface area contributed by atoms with Gasteiger partial charge in [-0.05, 0) is 12.1 Å². The maximum absolute atomic E-state index is 12.9. The van der Waals surface area contributed by atoms with Crippen LogP contribution in [0.1, 0.15) is 10.6 Å². The Labute approximate surface area is 77.7 Å². The van der Waals surface area contributed by atoms with Gasteiger partial charge in [-0.3, -0.25) is 0 Å². The minimum absolute atomic E-state index is 0.0322. The zero-order chi connectivity index (χ0) is 10.3. The number of halogens is 1. The molecule has 0 saturated heterocycles. The predicted octanol–water partition coefficient (Wildman–Crippen LogP) is 1.85. The van der Waals surface area contributed by atoms with E-state index >= 15 is 0 Å². The highest BCUT2D eigenvalue weighted by Gasteiger charge is 2.12. The summed E-state index contributed by atoms with van der Waals surface area (Å²) in [5, 5.41) is 9.08. The van der Waals surface area contributed by atoms with E-state index in [4.69, 9.17) is 15.3 Å². The first-order valence-corrected chi connectivity index (χ1v) is 3.80. The summed E-state index contributed by atoms with van der Waals surface area (Å²) in [4.78, 5) is 10.5. The molecule has 3 N–H and O–H groups in total. The van der Waals surface area contributed by atoms with E-state index in [-0.39, 0.29) is 17.0 Å². The molecule has 1 aromatic carbocycles. The second-order valence-corrected chi connectivity index (χ2v) is 2.83. The van der Waals surface area contributed by atoms with Crippen LogP contribution >= 0.6 is 0 Å². The number of carbonyl (C=O) groups is 1. The van der Waals surface area contributed by atoms with Crippen LogP contribution < -0.4 is 5.73 Å². The SMILES string of the molecule is Nc1cc2cc(C(=O)O)oc2cc1F. The Kier molecular flexibility index (Phi) is 1.67. The van der Waals surface area contributed by atoms with Gasteiger partial charge in [0, 0.05) is 11.5 Å². The molecule has 0 aliphatic carbocycles. The molecule has 0 spiro atoms. The molecule has 14 heavy (non-hydrogen) atoms. The van der Waals surface area contributed by atoms with Crippen molar-refractivity contribution in [3.63, 3.8) is 0 Å². The highest BCUT2D eigenvalue weighted by Crippen LogP contribution is 2.24. The van der Waals surface area contributed by atoms with Gasteiger partial charge in [0.05, 0.1) is 5.69 Å². The van der Waals surface area contributed by atoms with E-state index in [0.29, 0.717) is 5.39 Å². The van der Waals surface area contributed by atoms with Crippen LogP contribution in [0.25, 0.3) is 11.0 Å². The number of carboxylic acids is 1. The second-order valence-electron chi connectivity index (χ2n) is 2.83. The Morgan fingerprint density at radius 3 is 2.79 bits per heavy atom. The lowest BCUT2D eigenvalue weighted by Crippen LogP contribution is -1.91. The molecule has 2 rings (SSSR count). The van der Waals surface area contributed by atoms with Crippen molar-refractivity contribution in [2.75, 3.05) is 5.73 Å². The minimum atomic E-state index is -1.19. The molecule has 0 radical (unpaired) electrons. The van der Waals surface area contributed by atoms with Gasteiger partial charge < -0.3 is 15.3 Å². The number of benzene rings is 1. The van der Waals surface area contributed by atoms with Crippen molar-refractivity contribution in [1.29, 1.82) is 0 Å². The number of anilines is 1. The molecule has 0 unspecified atom stereocenters. The van der Waals surface area contributed by atoms with Gasteiger partial charge in [0.15, 0.2) is 0 Å². The van der Waals surface area contributed by atoms with Crippen LogP contribution in [0.3, 0.4) is 0 Å². The van der Waals surface area contributed by atoms with E-state index in [2.05, 4.69) is 0 Å². The predicted molar refractivity (Wildman–Crippen MR) is 47.5 cm³/mol. The van der Waals surface area contributed by atoms with Crippen LogP contribution in [0.5, 0.6) is 0 Å². The molecule has 0 atom stereocenters. The van der Waals surface area contributed by atoms with Crippen LogP contribution in [0, 0.1) is 5.82 Å². The lowest BCUT2D eigenvalue weighted by Gasteiger charge is -1.93. The van der Waals surface area contributed by atoms with Gasteiger partial charge in [-0.1, -0.05) is 0 Å². The zero-order valence-electron chi connectivity index (χ0n) is 6.95. The van der Waals surface area contributed by atoms with Gasteiger partial charge in [-0.15, -0.1) is 0 Å². The molecule has 0 aliphatic heterocycles. The standard InChI is InChI=1S/C9H6FNO3/c10-5-3-7-4(1-6(5)11)2-8(14-7)9(12)13/h1-3H,11H2,(H,12,13). The molecule has 0 fully saturated rings. The minimum Gasteiger partial charge on any atom is -0.475 e. The number of furan rings is 1. The first-order valence-electron chi connectivity index (χ1n) is 3.80. The average Bonchev–Trinajstić information content (AvgIpc) is 2.48. The number of nitrogens with two attached hydrogens (primary N) is 1. The van der Waals surface area contributed by atoms with Crippen LogP contribution in [-0.2, 0) is 0 Å². The fourth-order valence-corrected chi connectivity index (χ4v) is 1.19. The summed E-state index contributed by atoms with van der Waals surface area (Å²) in [7, 11) is 0. The average molecular weight is 195 g/mol. The molecule has 0 aliphatic rings. The van der Waals surface area contributed by atoms with Gasteiger partial charge >= 0.3 is 5.97 Å². The lowest BCUT2D eigenvalue weighted by atomic mass is 10.2. The Bertz CT molecular complexity index is 479. The fourth-order valence-electron chi connectivity index (χ4n) is 1.19. The molecule has 1 heterocycles. The number of fused-ring (bicyclic) bond motifs is 1. The zero-order valence-corrected chi connectivity index (χ0v) is 6.95. The van der Waals surface area contributed by atoms with Crippen LogP contribution in [0.15, 0.2) is 22.6 Å². The summed E-state index contributed by atoms with van der Waals surface area (Å²) in [5.41, 5.74) is 5.45. The molecule has 5 heteroatoms. The molecular formula is C9H6FNO3. The number of hydrogen-bond donors (Lipinski definition) is 2. The Morgan fingerprint density at radius 1 is 1.43 bits per heavy atom. The van der Waals surface area contributed by atoms with E-state index in [0.717, 1.165) is 6.07 Å². The molecule has 0 saturated carbocycles. The van der Waals surface area contributed by atoms with Crippen molar-refractivity contribution >= 4 is 22.6 Å². The van der Waals surface area contributed by atoms with Crippen molar-refractivity contribution in [2.24, 2.45) is 0 Å². The molecular weight excluding hydrogens is 189 g/mol. The quantitative estimate of drug-likeness (QED) is 0.681. The fraction of sp³-hybridized carbons (Fsp3) is 0. The van der Waals surface area contributed by atoms with Crippen LogP contribution in [0.2, 0.25) is 0 Å². The maximum Gasteiger partial charge on any atom is 0.371 e. The van der Waals surface area contributed by atoms with Crippen molar-refractivity contribution in [2.45, 2.75) is 0 Å². The smallest absolute Gasteiger partial charge is 0.371 e. The molecule has 4 nitrogen and oxygen atoms in total. The molecule has 72 valence electrons. The Balaban J connectivity index is 2.72. The molecule has 2 aromatic rings. The van der Waals surface area contributed by atoms with E-state index in [9.17, 15) is 9.18 Å². The summed E-state index contributed by atoms with van der Waals surface area (Å²) < 4.78 is 17.8. The third-order valence-electron chi connectivity index (χ3n) is 1.85. The highest BCUT2D eigenvalue weighted by molar-refractivity contribution is 5.92. The summed E-state index contributed by atoms with van der Waals surface area (Å²) in [5.74, 6) is -2.05. The number of nitrogen functional groups attached to an aromatic ring is 1. The first-order chi connectivity index (χ1) is 6.58. The third-order valence-corrected chi connectivity index (χ3v) is 1.85. The molecule has 0 bridgehead atoms. The largest absolute Gasteiger partial charge is 0.475 e. The topological polar surface area (TPSA) is 76.5 Å². The van der Waals surface area contributed by atoms with Gasteiger partial charge in [-0.2, -0.15) is 0 Å². The number of aromatic carboxylic acids is 1. The summed E-state index contributed by atoms with van der Waals surface area (Å²) in [6.07, 6.45) is 0. The maximum atomic E-state index is 12.9. The number of rotatable bonds is 1. The Morgan fingerprint density at radius 2 is 2.14 bits per heavy atom. The molecule has 0 amide bonds. The van der Waals surface area contributed by atoms with Crippen molar-refractivity contribution in [3.8, 4) is 0 Å². The number of hydrogen-bond acceptors (Lipinski definition) is 3. The normalized spacial score (nSPS) is 10.6. The van der Waals surface area contributed by atoms with Crippen LogP contribution in [-0.4, -0.2) is 11.1 Å². The van der Waals surface area contributed by atoms with Gasteiger partial charge in [0.25, 0.3) is 0 Å². The molecule has 1 aromatic heterocycles. The van der Waals surface area contributed by atoms with E-state index in [1.807, 2.05) is 0 Å². The second kappa shape index (κ2) is 2.73. The first kappa shape index (κ1) is 8.55. The van der Waals surface area contributed by atoms with Gasteiger partial charge in [-0.25, -0.2) is 9.18 Å². The van der Waals surface area contributed by atoms with Gasteiger partial charge in [0.2, 0.25) is 5.76 Å².